The number of hydrogen-bond donors (Lipinski definition) is 1. The maximum absolute atomic E-state index is 5.77. The molecule has 0 unspecified atom stereocenters. The van der Waals surface area contributed by atoms with Gasteiger partial charge in [0.2, 0.25) is 0 Å². The molecule has 1 aromatic heterocycles. The lowest BCUT2D eigenvalue weighted by atomic mass is 10.2. The van der Waals surface area contributed by atoms with Gasteiger partial charge in [-0.05, 0) is 48.5 Å². The number of aryl methyl sites for hydroxylation is 1. The van der Waals surface area contributed by atoms with Gasteiger partial charge < -0.3 is 10.2 Å². The molecular weight excluding hydrogens is 290 g/mol. The number of rotatable bonds is 3. The molecule has 1 aromatic carbocycles. The molecule has 0 aliphatic rings. The van der Waals surface area contributed by atoms with Gasteiger partial charge in [0.05, 0.1) is 0 Å². The number of anilines is 1. The summed E-state index contributed by atoms with van der Waals surface area (Å²) in [6.07, 6.45) is 1.76. The van der Waals surface area contributed by atoms with Crippen LogP contribution in [0.25, 0.3) is 0 Å². The van der Waals surface area contributed by atoms with Crippen molar-refractivity contribution < 1.29 is 0 Å². The highest BCUT2D eigenvalue weighted by molar-refractivity contribution is 7.80. The minimum Gasteiger partial charge on any atom is -0.348 e. The fourth-order valence-corrected chi connectivity index (χ4v) is 2.08. The average Bonchev–Trinajstić information content (AvgIpc) is 2.41. The summed E-state index contributed by atoms with van der Waals surface area (Å²) in [5.41, 5.74) is 3.25. The Balaban J connectivity index is 1.96. The molecule has 0 saturated heterocycles. The van der Waals surface area contributed by atoms with E-state index in [2.05, 4.69) is 29.4 Å². The predicted octanol–water partition coefficient (Wildman–Crippen LogP) is 3.87. The average molecular weight is 306 g/mol. The summed E-state index contributed by atoms with van der Waals surface area (Å²) in [5, 5.41) is 4.39. The molecule has 0 aliphatic carbocycles. The molecule has 0 radical (unpaired) electrons. The van der Waals surface area contributed by atoms with Crippen LogP contribution in [0.15, 0.2) is 42.6 Å². The second-order valence-electron chi connectivity index (χ2n) is 4.64. The van der Waals surface area contributed by atoms with Crippen molar-refractivity contribution in [2.75, 3.05) is 12.4 Å². The molecule has 0 amide bonds. The van der Waals surface area contributed by atoms with Crippen molar-refractivity contribution in [3.63, 3.8) is 0 Å². The third-order valence-electron chi connectivity index (χ3n) is 2.82. The Morgan fingerprint density at radius 2 is 2.15 bits per heavy atom. The second-order valence-corrected chi connectivity index (χ2v) is 5.42. The van der Waals surface area contributed by atoms with Crippen molar-refractivity contribution in [2.24, 2.45) is 0 Å². The number of pyridine rings is 1. The highest BCUT2D eigenvalue weighted by atomic mass is 35.5. The van der Waals surface area contributed by atoms with Gasteiger partial charge in [0.15, 0.2) is 5.11 Å². The molecule has 0 spiro atoms. The van der Waals surface area contributed by atoms with E-state index in [4.69, 9.17) is 23.8 Å². The Labute approximate surface area is 129 Å². The highest BCUT2D eigenvalue weighted by Crippen LogP contribution is 2.12. The summed E-state index contributed by atoms with van der Waals surface area (Å²) in [6.45, 7) is 2.74. The first-order valence-electron chi connectivity index (χ1n) is 6.24. The van der Waals surface area contributed by atoms with Crippen LogP contribution < -0.4 is 5.32 Å². The van der Waals surface area contributed by atoms with Crippen LogP contribution in [0.3, 0.4) is 0 Å². The Bertz CT molecular complexity index is 598. The van der Waals surface area contributed by atoms with Gasteiger partial charge in [-0.2, -0.15) is 0 Å². The third-order valence-corrected chi connectivity index (χ3v) is 3.46. The standard InChI is InChI=1S/C15H16ClN3S/c1-11-4-3-5-13(8-11)18-15(20)19(2)10-12-6-7-14(16)17-9-12/h3-9H,10H2,1-2H3,(H,18,20). The molecule has 20 heavy (non-hydrogen) atoms. The Morgan fingerprint density at radius 1 is 1.35 bits per heavy atom. The van der Waals surface area contributed by atoms with E-state index in [1.165, 1.54) is 5.56 Å². The topological polar surface area (TPSA) is 28.2 Å². The van der Waals surface area contributed by atoms with Crippen molar-refractivity contribution in [1.29, 1.82) is 0 Å². The molecule has 0 aliphatic heterocycles. The van der Waals surface area contributed by atoms with E-state index in [1.54, 1.807) is 12.3 Å². The summed E-state index contributed by atoms with van der Waals surface area (Å²) in [7, 11) is 1.94. The van der Waals surface area contributed by atoms with Crippen molar-refractivity contribution in [3.8, 4) is 0 Å². The lowest BCUT2D eigenvalue weighted by Crippen LogP contribution is -2.30. The SMILES string of the molecule is Cc1cccc(NC(=S)N(C)Cc2ccc(Cl)nc2)c1. The van der Waals surface area contributed by atoms with E-state index < -0.39 is 0 Å². The largest absolute Gasteiger partial charge is 0.348 e. The van der Waals surface area contributed by atoms with E-state index in [1.807, 2.05) is 30.1 Å². The molecule has 0 saturated carbocycles. The van der Waals surface area contributed by atoms with Crippen molar-refractivity contribution in [1.82, 2.24) is 9.88 Å². The van der Waals surface area contributed by atoms with Gasteiger partial charge in [-0.3, -0.25) is 0 Å². The zero-order valence-corrected chi connectivity index (χ0v) is 13.0. The van der Waals surface area contributed by atoms with Gasteiger partial charge in [-0.1, -0.05) is 29.8 Å². The molecule has 1 heterocycles. The first kappa shape index (κ1) is 14.8. The van der Waals surface area contributed by atoms with Gasteiger partial charge in [0.1, 0.15) is 5.15 Å². The minimum atomic E-state index is 0.497. The highest BCUT2D eigenvalue weighted by Gasteiger charge is 2.06. The molecule has 0 bridgehead atoms. The minimum absolute atomic E-state index is 0.497. The van der Waals surface area contributed by atoms with Crippen LogP contribution in [0.2, 0.25) is 5.15 Å². The van der Waals surface area contributed by atoms with Crippen LogP contribution in [-0.2, 0) is 6.54 Å². The summed E-state index contributed by atoms with van der Waals surface area (Å²) in [4.78, 5) is 6.02. The van der Waals surface area contributed by atoms with Crippen LogP contribution in [-0.4, -0.2) is 22.0 Å². The van der Waals surface area contributed by atoms with E-state index in [0.29, 0.717) is 16.8 Å². The number of nitrogens with zero attached hydrogens (tertiary/aromatic N) is 2. The molecule has 1 N–H and O–H groups in total. The normalized spacial score (nSPS) is 10.2. The fraction of sp³-hybridized carbons (Fsp3) is 0.200. The molecule has 104 valence electrons. The van der Waals surface area contributed by atoms with Gasteiger partial charge in [-0.25, -0.2) is 4.98 Å². The number of benzene rings is 1. The van der Waals surface area contributed by atoms with E-state index >= 15 is 0 Å². The first-order valence-corrected chi connectivity index (χ1v) is 7.02. The monoisotopic (exact) mass is 305 g/mol. The van der Waals surface area contributed by atoms with Crippen molar-refractivity contribution in [3.05, 3.63) is 58.9 Å². The second kappa shape index (κ2) is 6.68. The third kappa shape index (κ3) is 4.18. The summed E-state index contributed by atoms with van der Waals surface area (Å²) in [5.74, 6) is 0. The smallest absolute Gasteiger partial charge is 0.173 e. The lowest BCUT2D eigenvalue weighted by Gasteiger charge is -2.21. The summed E-state index contributed by atoms with van der Waals surface area (Å²) >= 11 is 11.2. The van der Waals surface area contributed by atoms with Crippen LogP contribution >= 0.6 is 23.8 Å². The number of aromatic nitrogens is 1. The maximum Gasteiger partial charge on any atom is 0.173 e. The fourth-order valence-electron chi connectivity index (χ4n) is 1.79. The molecule has 0 fully saturated rings. The van der Waals surface area contributed by atoms with Crippen LogP contribution in [0.5, 0.6) is 0 Å². The zero-order chi connectivity index (χ0) is 14.5. The first-order chi connectivity index (χ1) is 9.54. The Hall–Kier alpha value is -1.65. The van der Waals surface area contributed by atoms with Gasteiger partial charge in [0, 0.05) is 25.5 Å². The van der Waals surface area contributed by atoms with Crippen LogP contribution in [0.4, 0.5) is 5.69 Å². The molecule has 0 atom stereocenters. The zero-order valence-electron chi connectivity index (χ0n) is 11.4. The molecular formula is C15H16ClN3S. The number of thiocarbonyl (C=S) groups is 1. The molecule has 2 aromatic rings. The van der Waals surface area contributed by atoms with E-state index in [0.717, 1.165) is 11.3 Å². The van der Waals surface area contributed by atoms with Gasteiger partial charge in [0.25, 0.3) is 0 Å². The van der Waals surface area contributed by atoms with Crippen LogP contribution in [0, 0.1) is 6.92 Å². The van der Waals surface area contributed by atoms with E-state index in [9.17, 15) is 0 Å². The Morgan fingerprint density at radius 3 is 2.80 bits per heavy atom. The van der Waals surface area contributed by atoms with Gasteiger partial charge in [-0.15, -0.1) is 0 Å². The summed E-state index contributed by atoms with van der Waals surface area (Å²) in [6, 6.07) is 11.8. The number of halogens is 1. The molecule has 3 nitrogen and oxygen atoms in total. The van der Waals surface area contributed by atoms with E-state index in [-0.39, 0.29) is 0 Å². The van der Waals surface area contributed by atoms with Crippen molar-refractivity contribution >= 4 is 34.6 Å². The number of hydrogen-bond acceptors (Lipinski definition) is 2. The quantitative estimate of drug-likeness (QED) is 0.688. The number of nitrogens with one attached hydrogen (secondary N) is 1. The summed E-state index contributed by atoms with van der Waals surface area (Å²) < 4.78 is 0. The predicted molar refractivity (Wildman–Crippen MR) is 88.1 cm³/mol. The Kier molecular flexibility index (Phi) is 4.93. The van der Waals surface area contributed by atoms with Crippen molar-refractivity contribution in [2.45, 2.75) is 13.5 Å². The molecule has 2 rings (SSSR count). The molecule has 5 heteroatoms. The lowest BCUT2D eigenvalue weighted by molar-refractivity contribution is 0.507. The van der Waals surface area contributed by atoms with Gasteiger partial charge >= 0.3 is 0 Å². The maximum atomic E-state index is 5.77. The van der Waals surface area contributed by atoms with Crippen LogP contribution in [0.1, 0.15) is 11.1 Å².